The van der Waals surface area contributed by atoms with Gasteiger partial charge in [0, 0.05) is 35.0 Å². The van der Waals surface area contributed by atoms with Gasteiger partial charge in [-0.25, -0.2) is 0 Å². The molecule has 2 heteroatoms. The van der Waals surface area contributed by atoms with E-state index < -0.39 is 5.41 Å². The van der Waals surface area contributed by atoms with Gasteiger partial charge in [0.25, 0.3) is 0 Å². The van der Waals surface area contributed by atoms with Gasteiger partial charge in [0.2, 0.25) is 0 Å². The van der Waals surface area contributed by atoms with E-state index in [2.05, 4.69) is 231 Å². The van der Waals surface area contributed by atoms with E-state index >= 15 is 0 Å². The van der Waals surface area contributed by atoms with Gasteiger partial charge in [-0.15, -0.1) is 0 Å². The zero-order chi connectivity index (χ0) is 40.0. The van der Waals surface area contributed by atoms with Gasteiger partial charge in [0.15, 0.2) is 0 Å². The van der Waals surface area contributed by atoms with Crippen molar-refractivity contribution in [1.82, 2.24) is 0 Å². The molecule has 2 nitrogen and oxygen atoms in total. The Morgan fingerprint density at radius 1 is 0.344 bits per heavy atom. The Morgan fingerprint density at radius 3 is 1.43 bits per heavy atom. The predicted octanol–water partition coefficient (Wildman–Crippen LogP) is 16.1. The molecule has 0 amide bonds. The minimum Gasteiger partial charge on any atom is -0.457 e. The van der Waals surface area contributed by atoms with Gasteiger partial charge in [-0.1, -0.05) is 185 Å². The fraction of sp³-hybridized carbons (Fsp3) is 0.0847. The second-order valence-electron chi connectivity index (χ2n) is 16.8. The third-order valence-corrected chi connectivity index (χ3v) is 13.4. The molecule has 9 aromatic carbocycles. The van der Waals surface area contributed by atoms with Crippen molar-refractivity contribution in [2.24, 2.45) is 0 Å². The van der Waals surface area contributed by atoms with E-state index in [4.69, 9.17) is 4.74 Å². The molecular weight excluding hydrogens is 739 g/mol. The predicted molar refractivity (Wildman–Crippen MR) is 256 cm³/mol. The molecule has 3 aliphatic rings. The lowest BCUT2D eigenvalue weighted by atomic mass is 9.66. The third-order valence-electron chi connectivity index (χ3n) is 13.4. The summed E-state index contributed by atoms with van der Waals surface area (Å²) >= 11 is 0. The number of nitrogens with zero attached hydrogens (tertiary/aromatic N) is 1. The average molecular weight is 786 g/mol. The maximum absolute atomic E-state index is 6.84. The molecule has 0 bridgehead atoms. The number of hydrogen-bond acceptors (Lipinski definition) is 2. The van der Waals surface area contributed by atoms with Gasteiger partial charge < -0.3 is 9.64 Å². The summed E-state index contributed by atoms with van der Waals surface area (Å²) in [6.45, 7) is 4.70. The minimum atomic E-state index is -0.470. The van der Waals surface area contributed by atoms with Crippen LogP contribution in [0.2, 0.25) is 0 Å². The highest BCUT2D eigenvalue weighted by Gasteiger charge is 2.51. The smallest absolute Gasteiger partial charge is 0.132 e. The van der Waals surface area contributed by atoms with Crippen molar-refractivity contribution >= 4 is 17.1 Å². The molecule has 1 heterocycles. The molecule has 0 N–H and O–H groups in total. The van der Waals surface area contributed by atoms with Crippen LogP contribution in [0.3, 0.4) is 0 Å². The molecule has 0 fully saturated rings. The van der Waals surface area contributed by atoms with Crippen LogP contribution >= 0.6 is 0 Å². The first-order chi connectivity index (χ1) is 29.5. The highest BCUT2D eigenvalue weighted by Crippen LogP contribution is 2.62. The monoisotopic (exact) mass is 785 g/mol. The van der Waals surface area contributed by atoms with Crippen LogP contribution in [0.4, 0.5) is 17.1 Å². The van der Waals surface area contributed by atoms with Gasteiger partial charge in [-0.05, 0) is 115 Å². The molecule has 0 saturated carbocycles. The number of hydrogen-bond donors (Lipinski definition) is 0. The molecule has 0 atom stereocenters. The van der Waals surface area contributed by atoms with Gasteiger partial charge in [-0.3, -0.25) is 0 Å². The number of rotatable bonds is 5. The second kappa shape index (κ2) is 13.8. The van der Waals surface area contributed by atoms with E-state index in [-0.39, 0.29) is 14.3 Å². The van der Waals surface area contributed by atoms with Crippen molar-refractivity contribution in [2.75, 3.05) is 4.90 Å². The molecule has 0 unspecified atom stereocenters. The zero-order valence-electron chi connectivity index (χ0n) is 33.6. The molecule has 294 valence electrons. The zero-order valence-corrected chi connectivity index (χ0v) is 33.6. The van der Waals surface area contributed by atoms with Crippen LogP contribution in [0.5, 0.6) is 11.5 Å². The standard InChI is InChI=1S/C58H41NO.CH4.H2/c1-57(2)49-19-9-6-16-45(49)48-34-33-44(37-54(48)57)59(42-29-24-39(25-30-42)38-14-4-3-5-15-38)43-31-26-40(27-32-43)41-28-35-53-56(36-41)60-55-23-13-12-22-52(55)58(53)50-20-10-7-17-46(50)47-18-8-11-21-51(47)58;;/h3-37H,1-2H3;1H4;1H. The second-order valence-corrected chi connectivity index (χ2v) is 16.8. The van der Waals surface area contributed by atoms with Crippen molar-refractivity contribution in [3.8, 4) is 56.0 Å². The van der Waals surface area contributed by atoms with E-state index in [1.165, 1.54) is 66.8 Å². The van der Waals surface area contributed by atoms with Gasteiger partial charge in [0.1, 0.15) is 11.5 Å². The fourth-order valence-electron chi connectivity index (χ4n) is 10.6. The molecule has 1 spiro atoms. The third kappa shape index (κ3) is 5.35. The van der Waals surface area contributed by atoms with Crippen molar-refractivity contribution < 1.29 is 6.16 Å². The molecule has 0 aromatic heterocycles. The number of ether oxygens (including phenoxy) is 1. The van der Waals surface area contributed by atoms with Crippen LogP contribution in [0, 0.1) is 0 Å². The van der Waals surface area contributed by atoms with Crippen LogP contribution in [-0.2, 0) is 10.8 Å². The van der Waals surface area contributed by atoms with Crippen LogP contribution in [0.1, 0.15) is 56.1 Å². The van der Waals surface area contributed by atoms with E-state index in [9.17, 15) is 0 Å². The first kappa shape index (κ1) is 36.6. The summed E-state index contributed by atoms with van der Waals surface area (Å²) in [5, 5.41) is 0. The molecule has 9 aromatic rings. The van der Waals surface area contributed by atoms with Crippen LogP contribution in [-0.4, -0.2) is 0 Å². The number of anilines is 3. The fourth-order valence-corrected chi connectivity index (χ4v) is 10.6. The Bertz CT molecular complexity index is 3100. The van der Waals surface area contributed by atoms with Crippen LogP contribution < -0.4 is 9.64 Å². The molecule has 0 saturated heterocycles. The first-order valence-electron chi connectivity index (χ1n) is 20.9. The van der Waals surface area contributed by atoms with Crippen molar-refractivity contribution in [3.63, 3.8) is 0 Å². The van der Waals surface area contributed by atoms with E-state index in [1.807, 2.05) is 0 Å². The Hall–Kier alpha value is -7.42. The molecule has 2 aliphatic carbocycles. The number of fused-ring (bicyclic) bond motifs is 12. The Kier molecular flexibility index (Phi) is 8.31. The molecule has 12 rings (SSSR count). The SMILES string of the molecule is C.CC1(C)c2ccccc2-c2ccc(N(c3ccc(-c4ccccc4)cc3)c3ccc(-c4ccc5c(c4)Oc4ccccc4C54c5ccccc5-c5ccccc54)cc3)cc21.[HH]. The lowest BCUT2D eigenvalue weighted by molar-refractivity contribution is 0.436. The summed E-state index contributed by atoms with van der Waals surface area (Å²) < 4.78 is 6.84. The summed E-state index contributed by atoms with van der Waals surface area (Å²) in [6.07, 6.45) is 0. The summed E-state index contributed by atoms with van der Waals surface area (Å²) in [5.41, 5.74) is 20.3. The summed E-state index contributed by atoms with van der Waals surface area (Å²) in [5.74, 6) is 1.79. The lowest BCUT2D eigenvalue weighted by Gasteiger charge is -2.39. The Morgan fingerprint density at radius 2 is 0.787 bits per heavy atom. The lowest BCUT2D eigenvalue weighted by Crippen LogP contribution is -2.32. The van der Waals surface area contributed by atoms with E-state index in [1.54, 1.807) is 0 Å². The number of para-hydroxylation sites is 1. The van der Waals surface area contributed by atoms with Crippen LogP contribution in [0.25, 0.3) is 44.5 Å². The Balaban J connectivity index is 0.00000229. The normalized spacial score (nSPS) is 14.0. The van der Waals surface area contributed by atoms with E-state index in [0.29, 0.717) is 0 Å². The highest BCUT2D eigenvalue weighted by molar-refractivity contribution is 5.90. The molecule has 1 aliphatic heterocycles. The highest BCUT2D eigenvalue weighted by atomic mass is 16.5. The number of benzene rings is 9. The van der Waals surface area contributed by atoms with Crippen LogP contribution in [0.15, 0.2) is 212 Å². The maximum Gasteiger partial charge on any atom is 0.132 e. The summed E-state index contributed by atoms with van der Waals surface area (Å²) in [7, 11) is 0. The average Bonchev–Trinajstić information content (AvgIpc) is 3.72. The maximum atomic E-state index is 6.84. The van der Waals surface area contributed by atoms with Crippen molar-refractivity contribution in [1.29, 1.82) is 0 Å². The topological polar surface area (TPSA) is 12.5 Å². The summed E-state index contributed by atoms with van der Waals surface area (Å²) in [4.78, 5) is 2.39. The van der Waals surface area contributed by atoms with E-state index in [0.717, 1.165) is 39.7 Å². The molecule has 61 heavy (non-hydrogen) atoms. The summed E-state index contributed by atoms with van der Waals surface area (Å²) in [6, 6.07) is 77.6. The largest absolute Gasteiger partial charge is 0.457 e. The van der Waals surface area contributed by atoms with Gasteiger partial charge in [-0.2, -0.15) is 0 Å². The van der Waals surface area contributed by atoms with Crippen molar-refractivity contribution in [2.45, 2.75) is 32.1 Å². The quantitative estimate of drug-likeness (QED) is 0.172. The Labute approximate surface area is 360 Å². The molecular formula is C59H47NO. The minimum absolute atomic E-state index is 0. The van der Waals surface area contributed by atoms with Gasteiger partial charge in [0.05, 0.1) is 5.41 Å². The van der Waals surface area contributed by atoms with Crippen molar-refractivity contribution in [3.05, 3.63) is 246 Å². The first-order valence-corrected chi connectivity index (χ1v) is 20.9. The molecule has 0 radical (unpaired) electrons. The van der Waals surface area contributed by atoms with Gasteiger partial charge >= 0.3 is 0 Å².